The van der Waals surface area contributed by atoms with E-state index < -0.39 is 0 Å². The molecule has 0 atom stereocenters. The van der Waals surface area contributed by atoms with E-state index in [0.29, 0.717) is 0 Å². The van der Waals surface area contributed by atoms with Crippen molar-refractivity contribution in [3.05, 3.63) is 22.2 Å². The maximum absolute atomic E-state index is 5.42. The number of rotatable bonds is 5. The monoisotopic (exact) mass is 356 g/mol. The highest BCUT2D eigenvalue weighted by molar-refractivity contribution is 9.10. The van der Waals surface area contributed by atoms with E-state index in [0.717, 1.165) is 28.6 Å². The van der Waals surface area contributed by atoms with Crippen LogP contribution in [0, 0.1) is 0 Å². The van der Waals surface area contributed by atoms with Crippen LogP contribution in [0.1, 0.15) is 50.5 Å². The van der Waals surface area contributed by atoms with Gasteiger partial charge >= 0.3 is 0 Å². The first-order valence-corrected chi connectivity index (χ1v) is 8.77. The van der Waals surface area contributed by atoms with Crippen molar-refractivity contribution in [3.8, 4) is 11.5 Å². The first kappa shape index (κ1) is 16.6. The molecular weight excluding hydrogens is 330 g/mol. The second-order valence-electron chi connectivity index (χ2n) is 5.86. The number of quaternary nitrogens is 1. The smallest absolute Gasteiger partial charge is 0.174 e. The Kier molecular flexibility index (Phi) is 6.84. The quantitative estimate of drug-likeness (QED) is 0.873. The lowest BCUT2D eigenvalue weighted by Gasteiger charge is -2.19. The minimum Gasteiger partial charge on any atom is -0.493 e. The third kappa shape index (κ3) is 4.89. The zero-order valence-corrected chi connectivity index (χ0v) is 14.7. The van der Waals surface area contributed by atoms with Gasteiger partial charge in [0.2, 0.25) is 0 Å². The van der Waals surface area contributed by atoms with Gasteiger partial charge in [0, 0.05) is 5.56 Å². The van der Waals surface area contributed by atoms with E-state index in [4.69, 9.17) is 9.47 Å². The van der Waals surface area contributed by atoms with Crippen LogP contribution in [0.5, 0.6) is 11.5 Å². The molecule has 0 bridgehead atoms. The van der Waals surface area contributed by atoms with Gasteiger partial charge in [-0.05, 0) is 53.7 Å². The van der Waals surface area contributed by atoms with Gasteiger partial charge in [-0.1, -0.05) is 19.3 Å². The summed E-state index contributed by atoms with van der Waals surface area (Å²) in [6.07, 6.45) is 9.73. The van der Waals surface area contributed by atoms with Gasteiger partial charge in [-0.15, -0.1) is 0 Å². The second kappa shape index (κ2) is 8.64. The Labute approximate surface area is 136 Å². The normalized spacial score (nSPS) is 17.1. The van der Waals surface area contributed by atoms with Crippen molar-refractivity contribution in [1.82, 2.24) is 0 Å². The first-order valence-electron chi connectivity index (χ1n) is 7.98. The zero-order chi connectivity index (χ0) is 15.1. The fourth-order valence-corrected chi connectivity index (χ4v) is 3.77. The number of hydrogen-bond donors (Lipinski definition) is 1. The average Bonchev–Trinajstić information content (AvgIpc) is 2.45. The van der Waals surface area contributed by atoms with Crippen LogP contribution < -0.4 is 14.8 Å². The van der Waals surface area contributed by atoms with Gasteiger partial charge in [-0.3, -0.25) is 0 Å². The Hall–Kier alpha value is -0.740. The number of hydrogen-bond acceptors (Lipinski definition) is 2. The van der Waals surface area contributed by atoms with Gasteiger partial charge in [0.15, 0.2) is 11.5 Å². The topological polar surface area (TPSA) is 35.1 Å². The Balaban J connectivity index is 1.97. The number of benzene rings is 1. The molecule has 0 amide bonds. The standard InChI is InChI=1S/C17H26BrNO2/c1-20-16-11-13(10-15(18)17(16)21-2)12-19-14-8-6-4-3-5-7-9-14/h10-11,14,19H,3-9,12H2,1-2H3/p+1. The molecule has 0 spiro atoms. The summed E-state index contributed by atoms with van der Waals surface area (Å²) >= 11 is 3.57. The molecule has 3 nitrogen and oxygen atoms in total. The van der Waals surface area contributed by atoms with E-state index in [1.54, 1.807) is 14.2 Å². The molecule has 0 saturated heterocycles. The molecule has 0 unspecified atom stereocenters. The van der Waals surface area contributed by atoms with Crippen LogP contribution in [0.15, 0.2) is 16.6 Å². The highest BCUT2D eigenvalue weighted by Crippen LogP contribution is 2.36. The minimum absolute atomic E-state index is 0.771. The summed E-state index contributed by atoms with van der Waals surface area (Å²) in [5.41, 5.74) is 1.28. The van der Waals surface area contributed by atoms with Gasteiger partial charge < -0.3 is 14.8 Å². The molecule has 1 aromatic rings. The molecule has 1 aliphatic carbocycles. The molecule has 0 aromatic heterocycles. The second-order valence-corrected chi connectivity index (χ2v) is 6.71. The summed E-state index contributed by atoms with van der Waals surface area (Å²) in [5, 5.41) is 2.50. The molecular formula is C17H27BrNO2+. The van der Waals surface area contributed by atoms with Crippen LogP contribution in [0.2, 0.25) is 0 Å². The lowest BCUT2D eigenvalue weighted by atomic mass is 9.96. The van der Waals surface area contributed by atoms with Crippen LogP contribution in [0.4, 0.5) is 0 Å². The van der Waals surface area contributed by atoms with Gasteiger partial charge in [0.05, 0.1) is 24.7 Å². The lowest BCUT2D eigenvalue weighted by molar-refractivity contribution is -0.706. The third-order valence-electron chi connectivity index (χ3n) is 4.33. The fourth-order valence-electron chi connectivity index (χ4n) is 3.12. The maximum atomic E-state index is 5.42. The molecule has 0 aliphatic heterocycles. The predicted octanol–water partition coefficient (Wildman–Crippen LogP) is 3.64. The molecule has 118 valence electrons. The van der Waals surface area contributed by atoms with E-state index in [1.165, 1.54) is 50.5 Å². The molecule has 0 heterocycles. The van der Waals surface area contributed by atoms with Crippen molar-refractivity contribution in [2.45, 2.75) is 57.5 Å². The number of nitrogens with two attached hydrogens (primary N) is 1. The number of ether oxygens (including phenoxy) is 2. The third-order valence-corrected chi connectivity index (χ3v) is 4.92. The average molecular weight is 357 g/mol. The van der Waals surface area contributed by atoms with Crippen molar-refractivity contribution < 1.29 is 14.8 Å². The van der Waals surface area contributed by atoms with Gasteiger partial charge in [0.1, 0.15) is 6.54 Å². The highest BCUT2D eigenvalue weighted by atomic mass is 79.9. The SMILES string of the molecule is COc1cc(C[NH2+]C2CCCCCCC2)cc(Br)c1OC. The summed E-state index contributed by atoms with van der Waals surface area (Å²) in [5.74, 6) is 1.57. The molecule has 2 N–H and O–H groups in total. The molecule has 1 saturated carbocycles. The Bertz CT molecular complexity index is 443. The van der Waals surface area contributed by atoms with Crippen LogP contribution in [-0.2, 0) is 6.54 Å². The number of methoxy groups -OCH3 is 2. The maximum Gasteiger partial charge on any atom is 0.174 e. The van der Waals surface area contributed by atoms with Gasteiger partial charge in [-0.2, -0.15) is 0 Å². The first-order chi connectivity index (χ1) is 10.2. The van der Waals surface area contributed by atoms with Gasteiger partial charge in [-0.25, -0.2) is 0 Å². The molecule has 2 rings (SSSR count). The molecule has 0 radical (unpaired) electrons. The zero-order valence-electron chi connectivity index (χ0n) is 13.2. The van der Waals surface area contributed by atoms with Crippen LogP contribution >= 0.6 is 15.9 Å². The molecule has 4 heteroatoms. The summed E-state index contributed by atoms with van der Waals surface area (Å²) in [6.45, 7) is 1.00. The molecule has 1 aliphatic rings. The van der Waals surface area contributed by atoms with E-state index in [9.17, 15) is 0 Å². The van der Waals surface area contributed by atoms with Crippen LogP contribution in [0.3, 0.4) is 0 Å². The number of halogens is 1. The molecule has 1 fully saturated rings. The van der Waals surface area contributed by atoms with Gasteiger partial charge in [0.25, 0.3) is 0 Å². The minimum atomic E-state index is 0.771. The van der Waals surface area contributed by atoms with Crippen molar-refractivity contribution >= 4 is 15.9 Å². The van der Waals surface area contributed by atoms with E-state index in [1.807, 2.05) is 0 Å². The van der Waals surface area contributed by atoms with Crippen molar-refractivity contribution in [2.24, 2.45) is 0 Å². The summed E-state index contributed by atoms with van der Waals surface area (Å²) in [4.78, 5) is 0. The fraction of sp³-hybridized carbons (Fsp3) is 0.647. The van der Waals surface area contributed by atoms with Crippen LogP contribution in [-0.4, -0.2) is 20.3 Å². The summed E-state index contributed by atoms with van der Waals surface area (Å²) in [6, 6.07) is 5.00. The van der Waals surface area contributed by atoms with Crippen molar-refractivity contribution in [3.63, 3.8) is 0 Å². The molecule has 21 heavy (non-hydrogen) atoms. The Morgan fingerprint density at radius 2 is 1.71 bits per heavy atom. The molecule has 1 aromatic carbocycles. The van der Waals surface area contributed by atoms with E-state index in [2.05, 4.69) is 33.4 Å². The lowest BCUT2D eigenvalue weighted by Crippen LogP contribution is -2.88. The summed E-state index contributed by atoms with van der Waals surface area (Å²) in [7, 11) is 3.36. The highest BCUT2D eigenvalue weighted by Gasteiger charge is 2.16. The summed E-state index contributed by atoms with van der Waals surface area (Å²) < 4.78 is 11.7. The van der Waals surface area contributed by atoms with Crippen molar-refractivity contribution in [1.29, 1.82) is 0 Å². The van der Waals surface area contributed by atoms with Crippen molar-refractivity contribution in [2.75, 3.05) is 14.2 Å². The Morgan fingerprint density at radius 1 is 1.05 bits per heavy atom. The predicted molar refractivity (Wildman–Crippen MR) is 89.0 cm³/mol. The van der Waals surface area contributed by atoms with Crippen LogP contribution in [0.25, 0.3) is 0 Å². The Morgan fingerprint density at radius 3 is 2.33 bits per heavy atom. The van der Waals surface area contributed by atoms with E-state index >= 15 is 0 Å². The van der Waals surface area contributed by atoms with E-state index in [-0.39, 0.29) is 0 Å². The largest absolute Gasteiger partial charge is 0.493 e.